The van der Waals surface area contributed by atoms with E-state index in [0.29, 0.717) is 13.1 Å². The van der Waals surface area contributed by atoms with Crippen LogP contribution in [0.1, 0.15) is 36.7 Å². The maximum Gasteiger partial charge on any atom is 0.239 e. The molecule has 0 unspecified atom stereocenters. The summed E-state index contributed by atoms with van der Waals surface area (Å²) in [5, 5.41) is 0. The number of anilines is 1. The van der Waals surface area contributed by atoms with Crippen molar-refractivity contribution in [1.82, 2.24) is 9.80 Å². The maximum atomic E-state index is 13.1. The molecule has 0 saturated carbocycles. The Morgan fingerprint density at radius 3 is 2.14 bits per heavy atom. The second-order valence-electron chi connectivity index (χ2n) is 7.64. The molecule has 1 heterocycles. The first-order valence-corrected chi connectivity index (χ1v) is 10.4. The van der Waals surface area contributed by atoms with E-state index in [2.05, 4.69) is 21.9 Å². The molecule has 0 aliphatic carbocycles. The molecule has 3 rings (SSSR count). The lowest BCUT2D eigenvalue weighted by Gasteiger charge is -2.39. The van der Waals surface area contributed by atoms with Crippen molar-refractivity contribution >= 4 is 17.4 Å². The molecule has 0 bridgehead atoms. The van der Waals surface area contributed by atoms with Crippen LogP contribution in [0.25, 0.3) is 0 Å². The van der Waals surface area contributed by atoms with Gasteiger partial charge < -0.3 is 9.80 Å². The Balaban J connectivity index is 1.56. The summed E-state index contributed by atoms with van der Waals surface area (Å²) in [6, 6.07) is 17.8. The van der Waals surface area contributed by atoms with Crippen molar-refractivity contribution in [3.63, 3.8) is 0 Å². The quantitative estimate of drug-likeness (QED) is 0.676. The van der Waals surface area contributed by atoms with Gasteiger partial charge in [0.05, 0.1) is 6.04 Å². The molecule has 5 heteroatoms. The van der Waals surface area contributed by atoms with Crippen molar-refractivity contribution in [2.24, 2.45) is 0 Å². The maximum absolute atomic E-state index is 13.1. The van der Waals surface area contributed by atoms with Crippen LogP contribution in [0.5, 0.6) is 0 Å². The molecule has 1 aliphatic rings. The molecule has 0 N–H and O–H groups in total. The van der Waals surface area contributed by atoms with Crippen LogP contribution >= 0.6 is 0 Å². The predicted octanol–water partition coefficient (Wildman–Crippen LogP) is 3.45. The molecule has 5 nitrogen and oxygen atoms in total. The average Bonchev–Trinajstić information content (AvgIpc) is 2.77. The van der Waals surface area contributed by atoms with Crippen LogP contribution in [-0.4, -0.2) is 60.3 Å². The lowest BCUT2D eigenvalue weighted by molar-refractivity contribution is -0.137. The van der Waals surface area contributed by atoms with Crippen LogP contribution in [-0.2, 0) is 11.3 Å². The highest BCUT2D eigenvalue weighted by atomic mass is 16.2. The standard InChI is InChI=1S/C24H31N3O2/c1-4-25(18-21-8-6-5-7-9-21)24(29)19(2)26-14-16-27(17-15-26)23-12-10-22(11-13-23)20(3)28/h5-13,19H,4,14-18H2,1-3H3/t19-/m0/s1. The number of amides is 1. The minimum atomic E-state index is -0.124. The topological polar surface area (TPSA) is 43.9 Å². The molecule has 2 aromatic rings. The summed E-state index contributed by atoms with van der Waals surface area (Å²) in [7, 11) is 0. The van der Waals surface area contributed by atoms with Gasteiger partial charge in [-0.3, -0.25) is 14.5 Å². The summed E-state index contributed by atoms with van der Waals surface area (Å²) in [6.07, 6.45) is 0. The second kappa shape index (κ2) is 9.70. The van der Waals surface area contributed by atoms with E-state index in [1.165, 1.54) is 0 Å². The number of piperazine rings is 1. The summed E-state index contributed by atoms with van der Waals surface area (Å²) >= 11 is 0. The SMILES string of the molecule is CCN(Cc1ccccc1)C(=O)[C@H](C)N1CCN(c2ccc(C(C)=O)cc2)CC1. The Hall–Kier alpha value is -2.66. The highest BCUT2D eigenvalue weighted by Crippen LogP contribution is 2.19. The molecule has 1 aliphatic heterocycles. The van der Waals surface area contributed by atoms with E-state index in [4.69, 9.17) is 0 Å². The summed E-state index contributed by atoms with van der Waals surface area (Å²) < 4.78 is 0. The fraction of sp³-hybridized carbons (Fsp3) is 0.417. The molecular weight excluding hydrogens is 362 g/mol. The van der Waals surface area contributed by atoms with Gasteiger partial charge in [0.2, 0.25) is 5.91 Å². The average molecular weight is 394 g/mol. The Bertz CT molecular complexity index is 812. The third kappa shape index (κ3) is 5.24. The van der Waals surface area contributed by atoms with E-state index in [-0.39, 0.29) is 17.7 Å². The van der Waals surface area contributed by atoms with Gasteiger partial charge in [-0.05, 0) is 50.6 Å². The molecule has 2 aromatic carbocycles. The molecule has 0 spiro atoms. The molecule has 0 aromatic heterocycles. The summed E-state index contributed by atoms with van der Waals surface area (Å²) in [6.45, 7) is 10.5. The molecule has 1 fully saturated rings. The van der Waals surface area contributed by atoms with E-state index < -0.39 is 0 Å². The molecule has 1 atom stereocenters. The number of carbonyl (C=O) groups excluding carboxylic acids is 2. The van der Waals surface area contributed by atoms with Gasteiger partial charge in [-0.15, -0.1) is 0 Å². The number of likely N-dealkylation sites (N-methyl/N-ethyl adjacent to an activating group) is 1. The van der Waals surface area contributed by atoms with Gasteiger partial charge in [0.1, 0.15) is 0 Å². The van der Waals surface area contributed by atoms with Gasteiger partial charge in [-0.25, -0.2) is 0 Å². The number of hydrogen-bond donors (Lipinski definition) is 0. The van der Waals surface area contributed by atoms with Crippen LogP contribution < -0.4 is 4.90 Å². The van der Waals surface area contributed by atoms with E-state index >= 15 is 0 Å². The number of hydrogen-bond acceptors (Lipinski definition) is 4. The first kappa shape index (κ1) is 21.1. The van der Waals surface area contributed by atoms with Crippen molar-refractivity contribution in [3.05, 3.63) is 65.7 Å². The van der Waals surface area contributed by atoms with E-state index in [1.807, 2.05) is 61.2 Å². The van der Waals surface area contributed by atoms with Crippen LogP contribution in [0.4, 0.5) is 5.69 Å². The lowest BCUT2D eigenvalue weighted by atomic mass is 10.1. The Labute approximate surface area is 173 Å². The number of nitrogens with zero attached hydrogens (tertiary/aromatic N) is 3. The Morgan fingerprint density at radius 2 is 1.59 bits per heavy atom. The third-order valence-corrected chi connectivity index (χ3v) is 5.77. The third-order valence-electron chi connectivity index (χ3n) is 5.77. The summed E-state index contributed by atoms with van der Waals surface area (Å²) in [5.74, 6) is 0.278. The van der Waals surface area contributed by atoms with Crippen molar-refractivity contribution in [2.45, 2.75) is 33.4 Å². The predicted molar refractivity (Wildman–Crippen MR) is 117 cm³/mol. The number of ketones is 1. The summed E-state index contributed by atoms with van der Waals surface area (Å²) in [5.41, 5.74) is 3.03. The molecule has 29 heavy (non-hydrogen) atoms. The van der Waals surface area contributed by atoms with Crippen LogP contribution in [0, 0.1) is 0 Å². The first-order chi connectivity index (χ1) is 14.0. The fourth-order valence-electron chi connectivity index (χ4n) is 3.84. The number of carbonyl (C=O) groups is 2. The van der Waals surface area contributed by atoms with Crippen molar-refractivity contribution in [2.75, 3.05) is 37.6 Å². The van der Waals surface area contributed by atoms with Crippen LogP contribution in [0.15, 0.2) is 54.6 Å². The molecule has 1 amide bonds. The lowest BCUT2D eigenvalue weighted by Crippen LogP contribution is -2.54. The fourth-order valence-corrected chi connectivity index (χ4v) is 3.84. The number of rotatable bonds is 7. The molecule has 154 valence electrons. The molecule has 1 saturated heterocycles. The zero-order valence-corrected chi connectivity index (χ0v) is 17.7. The minimum absolute atomic E-state index is 0.0877. The van der Waals surface area contributed by atoms with Gasteiger partial charge in [-0.2, -0.15) is 0 Å². The van der Waals surface area contributed by atoms with Crippen LogP contribution in [0.3, 0.4) is 0 Å². The van der Waals surface area contributed by atoms with E-state index in [0.717, 1.165) is 43.0 Å². The molecule has 0 radical (unpaired) electrons. The Morgan fingerprint density at radius 1 is 0.966 bits per heavy atom. The highest BCUT2D eigenvalue weighted by molar-refractivity contribution is 5.94. The second-order valence-corrected chi connectivity index (χ2v) is 7.64. The largest absolute Gasteiger partial charge is 0.369 e. The van der Waals surface area contributed by atoms with Gasteiger partial charge in [0.15, 0.2) is 5.78 Å². The van der Waals surface area contributed by atoms with Gasteiger partial charge in [0.25, 0.3) is 0 Å². The normalized spacial score (nSPS) is 15.8. The van der Waals surface area contributed by atoms with E-state index in [9.17, 15) is 9.59 Å². The van der Waals surface area contributed by atoms with Gasteiger partial charge in [0, 0.05) is 50.5 Å². The van der Waals surface area contributed by atoms with Crippen molar-refractivity contribution in [1.29, 1.82) is 0 Å². The van der Waals surface area contributed by atoms with Crippen molar-refractivity contribution in [3.8, 4) is 0 Å². The van der Waals surface area contributed by atoms with Gasteiger partial charge >= 0.3 is 0 Å². The zero-order valence-electron chi connectivity index (χ0n) is 17.7. The van der Waals surface area contributed by atoms with Gasteiger partial charge in [-0.1, -0.05) is 30.3 Å². The summed E-state index contributed by atoms with van der Waals surface area (Å²) in [4.78, 5) is 31.1. The van der Waals surface area contributed by atoms with E-state index in [1.54, 1.807) is 6.92 Å². The molecular formula is C24H31N3O2. The Kier molecular flexibility index (Phi) is 7.04. The minimum Gasteiger partial charge on any atom is -0.369 e. The number of Topliss-reactive ketones (excluding diaryl/α,β-unsaturated/α-hetero) is 1. The first-order valence-electron chi connectivity index (χ1n) is 10.4. The highest BCUT2D eigenvalue weighted by Gasteiger charge is 2.28. The monoisotopic (exact) mass is 393 g/mol. The van der Waals surface area contributed by atoms with Crippen LogP contribution in [0.2, 0.25) is 0 Å². The zero-order chi connectivity index (χ0) is 20.8. The smallest absolute Gasteiger partial charge is 0.239 e. The number of benzene rings is 2. The van der Waals surface area contributed by atoms with Crippen molar-refractivity contribution < 1.29 is 9.59 Å².